The number of carboxylic acids is 1. The summed E-state index contributed by atoms with van der Waals surface area (Å²) in [6, 6.07) is 24.2. The molecule has 0 radical (unpaired) electrons. The minimum Gasteiger partial charge on any atom is -0.489 e. The molecule has 1 unspecified atom stereocenters. The maximum Gasteiger partial charge on any atom is 0.303 e. The summed E-state index contributed by atoms with van der Waals surface area (Å²) in [5.41, 5.74) is 4.39. The van der Waals surface area contributed by atoms with Crippen LogP contribution in [0.4, 0.5) is 0 Å². The second kappa shape index (κ2) is 8.82. The Hall–Kier alpha value is -3.60. The molecule has 152 valence electrons. The van der Waals surface area contributed by atoms with Gasteiger partial charge in [-0.3, -0.25) is 9.48 Å². The van der Waals surface area contributed by atoms with Crippen LogP contribution in [-0.4, -0.2) is 20.9 Å². The highest BCUT2D eigenvalue weighted by atomic mass is 16.5. The molecule has 0 saturated heterocycles. The molecular weight excluding hydrogens is 376 g/mol. The maximum absolute atomic E-state index is 10.9. The number of hydrogen-bond donors (Lipinski definition) is 1. The third-order valence-corrected chi connectivity index (χ3v) is 5.22. The van der Waals surface area contributed by atoms with Crippen molar-refractivity contribution < 1.29 is 14.6 Å². The van der Waals surface area contributed by atoms with Crippen molar-refractivity contribution in [2.45, 2.75) is 32.4 Å². The Morgan fingerprint density at radius 3 is 2.53 bits per heavy atom. The molecule has 0 aliphatic rings. The Kier molecular flexibility index (Phi) is 5.80. The van der Waals surface area contributed by atoms with E-state index in [1.165, 1.54) is 5.56 Å². The molecule has 3 aromatic carbocycles. The Labute approximate surface area is 175 Å². The fourth-order valence-electron chi connectivity index (χ4n) is 3.55. The molecule has 0 saturated carbocycles. The standard InChI is InChI=1S/C25H24N2O3/c1-18(13-25(28)29)21-8-10-23(11-9-21)30-17-20-7-12-24-22(14-20)15-26-27(24)16-19-5-3-2-4-6-19/h2-12,14-15,18H,13,16-17H2,1H3,(H,28,29). The van der Waals surface area contributed by atoms with Crippen LogP contribution in [0, 0.1) is 0 Å². The molecular formula is C25H24N2O3. The highest BCUT2D eigenvalue weighted by Crippen LogP contribution is 2.23. The van der Waals surface area contributed by atoms with Crippen LogP contribution in [-0.2, 0) is 17.9 Å². The zero-order chi connectivity index (χ0) is 20.9. The molecule has 5 heteroatoms. The summed E-state index contributed by atoms with van der Waals surface area (Å²) in [6.45, 7) is 3.12. The first kappa shape index (κ1) is 19.7. The average molecular weight is 400 g/mol. The van der Waals surface area contributed by atoms with Gasteiger partial charge in [0.15, 0.2) is 0 Å². The zero-order valence-electron chi connectivity index (χ0n) is 16.9. The van der Waals surface area contributed by atoms with Gasteiger partial charge in [-0.05, 0) is 46.9 Å². The second-order valence-corrected chi connectivity index (χ2v) is 7.54. The molecule has 0 amide bonds. The lowest BCUT2D eigenvalue weighted by Gasteiger charge is -2.11. The van der Waals surface area contributed by atoms with Crippen LogP contribution < -0.4 is 4.74 Å². The summed E-state index contributed by atoms with van der Waals surface area (Å²) in [7, 11) is 0. The van der Waals surface area contributed by atoms with Gasteiger partial charge in [-0.2, -0.15) is 5.10 Å². The van der Waals surface area contributed by atoms with Gasteiger partial charge in [-0.15, -0.1) is 0 Å². The number of rotatable bonds is 8. The van der Waals surface area contributed by atoms with E-state index in [0.717, 1.165) is 34.3 Å². The van der Waals surface area contributed by atoms with Crippen LogP contribution >= 0.6 is 0 Å². The Morgan fingerprint density at radius 2 is 1.80 bits per heavy atom. The van der Waals surface area contributed by atoms with Crippen LogP contribution in [0.3, 0.4) is 0 Å². The molecule has 0 aliphatic carbocycles. The summed E-state index contributed by atoms with van der Waals surface area (Å²) in [5.74, 6) is -0.0437. The molecule has 0 fully saturated rings. The topological polar surface area (TPSA) is 64.3 Å². The van der Waals surface area contributed by atoms with Gasteiger partial charge in [0.2, 0.25) is 0 Å². The van der Waals surface area contributed by atoms with Crippen molar-refractivity contribution in [2.24, 2.45) is 0 Å². The van der Waals surface area contributed by atoms with Crippen molar-refractivity contribution in [3.8, 4) is 5.75 Å². The molecule has 0 spiro atoms. The number of benzene rings is 3. The van der Waals surface area contributed by atoms with Crippen molar-refractivity contribution in [3.63, 3.8) is 0 Å². The lowest BCUT2D eigenvalue weighted by atomic mass is 9.98. The highest BCUT2D eigenvalue weighted by Gasteiger charge is 2.10. The summed E-state index contributed by atoms with van der Waals surface area (Å²) >= 11 is 0. The lowest BCUT2D eigenvalue weighted by molar-refractivity contribution is -0.137. The second-order valence-electron chi connectivity index (χ2n) is 7.54. The van der Waals surface area contributed by atoms with Crippen molar-refractivity contribution in [1.29, 1.82) is 0 Å². The normalized spacial score (nSPS) is 12.0. The summed E-state index contributed by atoms with van der Waals surface area (Å²) < 4.78 is 7.92. The molecule has 1 N–H and O–H groups in total. The van der Waals surface area contributed by atoms with Crippen molar-refractivity contribution in [1.82, 2.24) is 9.78 Å². The third kappa shape index (κ3) is 4.69. The molecule has 0 bridgehead atoms. The third-order valence-electron chi connectivity index (χ3n) is 5.22. The van der Waals surface area contributed by atoms with E-state index in [-0.39, 0.29) is 12.3 Å². The van der Waals surface area contributed by atoms with Gasteiger partial charge in [0.1, 0.15) is 12.4 Å². The van der Waals surface area contributed by atoms with E-state index in [2.05, 4.69) is 35.4 Å². The number of hydrogen-bond acceptors (Lipinski definition) is 3. The van der Waals surface area contributed by atoms with E-state index in [9.17, 15) is 4.79 Å². The number of carboxylic acid groups (broad SMARTS) is 1. The molecule has 30 heavy (non-hydrogen) atoms. The number of fused-ring (bicyclic) bond motifs is 1. The summed E-state index contributed by atoms with van der Waals surface area (Å²) in [5, 5.41) is 14.5. The average Bonchev–Trinajstić information content (AvgIpc) is 3.15. The van der Waals surface area contributed by atoms with Crippen LogP contribution in [0.2, 0.25) is 0 Å². The minimum atomic E-state index is -0.787. The van der Waals surface area contributed by atoms with Gasteiger partial charge in [0, 0.05) is 5.39 Å². The first-order valence-electron chi connectivity index (χ1n) is 10.0. The van der Waals surface area contributed by atoms with Gasteiger partial charge in [0.25, 0.3) is 0 Å². The van der Waals surface area contributed by atoms with E-state index < -0.39 is 5.97 Å². The highest BCUT2D eigenvalue weighted by molar-refractivity contribution is 5.79. The van der Waals surface area contributed by atoms with E-state index in [1.54, 1.807) is 0 Å². The maximum atomic E-state index is 10.9. The molecule has 5 nitrogen and oxygen atoms in total. The van der Waals surface area contributed by atoms with Crippen LogP contribution in [0.1, 0.15) is 36.0 Å². The molecule has 1 atom stereocenters. The molecule has 0 aliphatic heterocycles. The molecule has 4 aromatic rings. The lowest BCUT2D eigenvalue weighted by Crippen LogP contribution is -2.03. The predicted octanol–water partition coefficient (Wildman–Crippen LogP) is 5.24. The van der Waals surface area contributed by atoms with E-state index in [1.807, 2.05) is 60.3 Å². The largest absolute Gasteiger partial charge is 0.489 e. The monoisotopic (exact) mass is 400 g/mol. The van der Waals surface area contributed by atoms with Gasteiger partial charge in [-0.25, -0.2) is 0 Å². The van der Waals surface area contributed by atoms with Crippen LogP contribution in [0.25, 0.3) is 10.9 Å². The summed E-state index contributed by atoms with van der Waals surface area (Å²) in [4.78, 5) is 10.9. The Morgan fingerprint density at radius 1 is 1.03 bits per heavy atom. The number of ether oxygens (including phenoxy) is 1. The van der Waals surface area contributed by atoms with Gasteiger partial charge < -0.3 is 9.84 Å². The Bertz CT molecular complexity index is 1130. The number of aliphatic carboxylic acids is 1. The number of nitrogens with zero attached hydrogens (tertiary/aromatic N) is 2. The van der Waals surface area contributed by atoms with Crippen molar-refractivity contribution in [2.75, 3.05) is 0 Å². The minimum absolute atomic E-state index is 0.0219. The first-order valence-corrected chi connectivity index (χ1v) is 10.0. The van der Waals surface area contributed by atoms with Crippen molar-refractivity contribution in [3.05, 3.63) is 95.7 Å². The quantitative estimate of drug-likeness (QED) is 0.439. The molecule has 1 heterocycles. The Balaban J connectivity index is 1.40. The van der Waals surface area contributed by atoms with E-state index in [4.69, 9.17) is 9.84 Å². The SMILES string of the molecule is CC(CC(=O)O)c1ccc(OCc2ccc3c(cnn3Cc3ccccc3)c2)cc1. The zero-order valence-corrected chi connectivity index (χ0v) is 16.9. The van der Waals surface area contributed by atoms with Crippen LogP contribution in [0.5, 0.6) is 5.75 Å². The fraction of sp³-hybridized carbons (Fsp3) is 0.200. The fourth-order valence-corrected chi connectivity index (χ4v) is 3.55. The predicted molar refractivity (Wildman–Crippen MR) is 117 cm³/mol. The van der Waals surface area contributed by atoms with Crippen molar-refractivity contribution >= 4 is 16.9 Å². The number of carbonyl (C=O) groups is 1. The van der Waals surface area contributed by atoms with E-state index >= 15 is 0 Å². The van der Waals surface area contributed by atoms with Crippen LogP contribution in [0.15, 0.2) is 79.0 Å². The van der Waals surface area contributed by atoms with Gasteiger partial charge >= 0.3 is 5.97 Å². The smallest absolute Gasteiger partial charge is 0.303 e. The molecule has 1 aromatic heterocycles. The number of aromatic nitrogens is 2. The molecule has 4 rings (SSSR count). The first-order chi connectivity index (χ1) is 14.6. The van der Waals surface area contributed by atoms with Gasteiger partial charge in [0.05, 0.1) is 24.7 Å². The summed E-state index contributed by atoms with van der Waals surface area (Å²) in [6.07, 6.45) is 2.01. The van der Waals surface area contributed by atoms with E-state index in [0.29, 0.717) is 6.61 Å². The van der Waals surface area contributed by atoms with Gasteiger partial charge in [-0.1, -0.05) is 55.5 Å².